The van der Waals surface area contributed by atoms with E-state index < -0.39 is 0 Å². The van der Waals surface area contributed by atoms with E-state index in [9.17, 15) is 4.79 Å². The Labute approximate surface area is 141 Å². The van der Waals surface area contributed by atoms with Gasteiger partial charge in [-0.3, -0.25) is 4.79 Å². The molecule has 0 radical (unpaired) electrons. The van der Waals surface area contributed by atoms with Gasteiger partial charge in [-0.05, 0) is 58.1 Å². The summed E-state index contributed by atoms with van der Waals surface area (Å²) in [5.74, 6) is 0.520. The fourth-order valence-corrected chi connectivity index (χ4v) is 4.01. The van der Waals surface area contributed by atoms with Crippen molar-refractivity contribution in [2.75, 3.05) is 11.4 Å². The number of halogens is 2. The van der Waals surface area contributed by atoms with E-state index >= 15 is 0 Å². The van der Waals surface area contributed by atoms with E-state index in [1.165, 1.54) is 5.56 Å². The molecule has 2 aromatic carbocycles. The van der Waals surface area contributed by atoms with Gasteiger partial charge in [0.25, 0.3) is 5.91 Å². The second-order valence-electron chi connectivity index (χ2n) is 5.48. The molecular formula is C17H15Br2NO. The summed E-state index contributed by atoms with van der Waals surface area (Å²) in [5.41, 5.74) is 2.98. The standard InChI is InChI=1S/C17H15Br2NO/c1-11-8-12-4-2-3-5-16(12)20(10-11)17(21)14-7-6-13(18)9-15(14)19/h2-7,9,11H,8,10H2,1H3. The Morgan fingerprint density at radius 2 is 1.95 bits per heavy atom. The number of amides is 1. The summed E-state index contributed by atoms with van der Waals surface area (Å²) in [6.45, 7) is 2.95. The van der Waals surface area contributed by atoms with E-state index in [2.05, 4.69) is 44.8 Å². The molecule has 0 aromatic heterocycles. The van der Waals surface area contributed by atoms with Crippen LogP contribution in [0, 0.1) is 5.92 Å². The zero-order valence-corrected chi connectivity index (χ0v) is 14.8. The van der Waals surface area contributed by atoms with Gasteiger partial charge in [0.1, 0.15) is 0 Å². The van der Waals surface area contributed by atoms with Gasteiger partial charge in [0.05, 0.1) is 5.56 Å². The fourth-order valence-electron chi connectivity index (χ4n) is 2.80. The van der Waals surface area contributed by atoms with E-state index in [1.54, 1.807) is 0 Å². The number of rotatable bonds is 1. The molecule has 4 heteroatoms. The molecule has 2 aromatic rings. The highest BCUT2D eigenvalue weighted by Gasteiger charge is 2.27. The van der Waals surface area contributed by atoms with Crippen LogP contribution in [0.5, 0.6) is 0 Å². The van der Waals surface area contributed by atoms with E-state index in [0.29, 0.717) is 11.5 Å². The molecule has 0 spiro atoms. The molecule has 21 heavy (non-hydrogen) atoms. The molecule has 1 atom stereocenters. The molecule has 2 nitrogen and oxygen atoms in total. The van der Waals surface area contributed by atoms with Crippen molar-refractivity contribution in [3.8, 4) is 0 Å². The maximum atomic E-state index is 12.9. The summed E-state index contributed by atoms with van der Waals surface area (Å²) in [6, 6.07) is 13.8. The van der Waals surface area contributed by atoms with Crippen molar-refractivity contribution in [2.45, 2.75) is 13.3 Å². The molecule has 0 saturated heterocycles. The molecule has 0 saturated carbocycles. The Hall–Kier alpha value is -1.13. The lowest BCUT2D eigenvalue weighted by atomic mass is 9.93. The van der Waals surface area contributed by atoms with Gasteiger partial charge in [0, 0.05) is 21.2 Å². The highest BCUT2D eigenvalue weighted by Crippen LogP contribution is 2.32. The molecule has 0 fully saturated rings. The second-order valence-corrected chi connectivity index (χ2v) is 7.25. The van der Waals surface area contributed by atoms with Crippen LogP contribution in [0.15, 0.2) is 51.4 Å². The summed E-state index contributed by atoms with van der Waals surface area (Å²) in [4.78, 5) is 14.8. The van der Waals surface area contributed by atoms with E-state index in [1.807, 2.05) is 41.3 Å². The third kappa shape index (κ3) is 2.92. The van der Waals surface area contributed by atoms with Crippen LogP contribution in [0.25, 0.3) is 0 Å². The summed E-state index contributed by atoms with van der Waals surface area (Å²) < 4.78 is 1.77. The molecular weight excluding hydrogens is 394 g/mol. The van der Waals surface area contributed by atoms with Gasteiger partial charge < -0.3 is 4.90 Å². The Bertz CT molecular complexity index is 699. The zero-order valence-electron chi connectivity index (χ0n) is 11.6. The van der Waals surface area contributed by atoms with Gasteiger partial charge in [-0.2, -0.15) is 0 Å². The number of fused-ring (bicyclic) bond motifs is 1. The minimum absolute atomic E-state index is 0.0494. The lowest BCUT2D eigenvalue weighted by Gasteiger charge is -2.33. The average Bonchev–Trinajstić information content (AvgIpc) is 2.45. The van der Waals surface area contributed by atoms with Crippen molar-refractivity contribution < 1.29 is 4.79 Å². The molecule has 1 aliphatic rings. The predicted octanol–water partition coefficient (Wildman–Crippen LogP) is 5.05. The van der Waals surface area contributed by atoms with Gasteiger partial charge in [-0.15, -0.1) is 0 Å². The summed E-state index contributed by atoms with van der Waals surface area (Å²) in [5, 5.41) is 0. The summed E-state index contributed by atoms with van der Waals surface area (Å²) >= 11 is 6.91. The third-order valence-electron chi connectivity index (χ3n) is 3.75. The number of nitrogens with zero attached hydrogens (tertiary/aromatic N) is 1. The van der Waals surface area contributed by atoms with Crippen LogP contribution >= 0.6 is 31.9 Å². The first kappa shape index (κ1) is 14.8. The monoisotopic (exact) mass is 407 g/mol. The highest BCUT2D eigenvalue weighted by atomic mass is 79.9. The average molecular weight is 409 g/mol. The Kier molecular flexibility index (Phi) is 4.18. The number of carbonyl (C=O) groups excluding carboxylic acids is 1. The maximum absolute atomic E-state index is 12.9. The number of carbonyl (C=O) groups is 1. The zero-order chi connectivity index (χ0) is 15.0. The Morgan fingerprint density at radius 3 is 2.71 bits per heavy atom. The molecule has 3 rings (SSSR count). The minimum atomic E-state index is 0.0494. The Balaban J connectivity index is 2.02. The largest absolute Gasteiger partial charge is 0.308 e. The molecule has 0 bridgehead atoms. The number of anilines is 1. The van der Waals surface area contributed by atoms with Crippen LogP contribution in [0.4, 0.5) is 5.69 Å². The molecule has 108 valence electrons. The third-order valence-corrected chi connectivity index (χ3v) is 4.90. The SMILES string of the molecule is CC1Cc2ccccc2N(C(=O)c2ccc(Br)cc2Br)C1. The molecule has 1 amide bonds. The van der Waals surface area contributed by atoms with Crippen LogP contribution in [-0.4, -0.2) is 12.5 Å². The minimum Gasteiger partial charge on any atom is -0.308 e. The van der Waals surface area contributed by atoms with Crippen molar-refractivity contribution in [3.05, 3.63) is 62.5 Å². The normalized spacial score (nSPS) is 17.5. The van der Waals surface area contributed by atoms with Crippen molar-refractivity contribution in [2.24, 2.45) is 5.92 Å². The quantitative estimate of drug-likeness (QED) is 0.646. The lowest BCUT2D eigenvalue weighted by molar-refractivity contribution is 0.0980. The number of benzene rings is 2. The molecule has 1 unspecified atom stereocenters. The molecule has 1 aliphatic heterocycles. The highest BCUT2D eigenvalue weighted by molar-refractivity contribution is 9.11. The molecule has 1 heterocycles. The van der Waals surface area contributed by atoms with Gasteiger partial charge >= 0.3 is 0 Å². The van der Waals surface area contributed by atoms with Crippen molar-refractivity contribution in [1.29, 1.82) is 0 Å². The van der Waals surface area contributed by atoms with Crippen molar-refractivity contribution in [1.82, 2.24) is 0 Å². The fraction of sp³-hybridized carbons (Fsp3) is 0.235. The van der Waals surface area contributed by atoms with Crippen molar-refractivity contribution >= 4 is 43.5 Å². The van der Waals surface area contributed by atoms with Gasteiger partial charge in [-0.25, -0.2) is 0 Å². The second kappa shape index (κ2) is 5.93. The van der Waals surface area contributed by atoms with Crippen LogP contribution in [0.3, 0.4) is 0 Å². The maximum Gasteiger partial charge on any atom is 0.259 e. The van der Waals surface area contributed by atoms with Crippen LogP contribution in [0.2, 0.25) is 0 Å². The van der Waals surface area contributed by atoms with Gasteiger partial charge in [0.15, 0.2) is 0 Å². The number of para-hydroxylation sites is 1. The van der Waals surface area contributed by atoms with Crippen molar-refractivity contribution in [3.63, 3.8) is 0 Å². The first-order valence-corrected chi connectivity index (χ1v) is 8.49. The molecule has 0 N–H and O–H groups in total. The van der Waals surface area contributed by atoms with E-state index in [0.717, 1.165) is 27.6 Å². The first-order valence-electron chi connectivity index (χ1n) is 6.91. The van der Waals surface area contributed by atoms with E-state index in [4.69, 9.17) is 0 Å². The predicted molar refractivity (Wildman–Crippen MR) is 92.8 cm³/mol. The van der Waals surface area contributed by atoms with Gasteiger partial charge in [0.2, 0.25) is 0 Å². The van der Waals surface area contributed by atoms with Crippen LogP contribution in [0.1, 0.15) is 22.8 Å². The summed E-state index contributed by atoms with van der Waals surface area (Å²) in [6.07, 6.45) is 1.03. The van der Waals surface area contributed by atoms with Crippen LogP contribution < -0.4 is 4.90 Å². The smallest absolute Gasteiger partial charge is 0.259 e. The van der Waals surface area contributed by atoms with Gasteiger partial charge in [-0.1, -0.05) is 41.1 Å². The Morgan fingerprint density at radius 1 is 1.19 bits per heavy atom. The molecule has 0 aliphatic carbocycles. The topological polar surface area (TPSA) is 20.3 Å². The first-order chi connectivity index (χ1) is 10.1. The number of hydrogen-bond acceptors (Lipinski definition) is 1. The van der Waals surface area contributed by atoms with Crippen LogP contribution in [-0.2, 0) is 6.42 Å². The lowest BCUT2D eigenvalue weighted by Crippen LogP contribution is -2.39. The summed E-state index contributed by atoms with van der Waals surface area (Å²) in [7, 11) is 0. The number of hydrogen-bond donors (Lipinski definition) is 0. The van der Waals surface area contributed by atoms with E-state index in [-0.39, 0.29) is 5.91 Å².